The lowest BCUT2D eigenvalue weighted by atomic mass is 10.2. The Bertz CT molecular complexity index is 733. The molecule has 0 unspecified atom stereocenters. The molecule has 0 bridgehead atoms. The van der Waals surface area contributed by atoms with E-state index >= 15 is 0 Å². The molecular weight excluding hydrogens is 358 g/mol. The van der Waals surface area contributed by atoms with E-state index in [2.05, 4.69) is 10.6 Å². The van der Waals surface area contributed by atoms with E-state index in [1.54, 1.807) is 6.07 Å². The van der Waals surface area contributed by atoms with Gasteiger partial charge in [0.15, 0.2) is 18.1 Å². The summed E-state index contributed by atoms with van der Waals surface area (Å²) in [5, 5.41) is 6.88. The van der Waals surface area contributed by atoms with E-state index in [0.717, 1.165) is 0 Å². The van der Waals surface area contributed by atoms with Gasteiger partial charge in [-0.25, -0.2) is 4.79 Å². The number of fused-ring (bicyclic) bond motifs is 1. The number of hydrogen-bond acceptors (Lipinski definition) is 7. The predicted octanol–water partition coefficient (Wildman–Crippen LogP) is 0.170. The summed E-state index contributed by atoms with van der Waals surface area (Å²) in [6, 6.07) is 3.94. The highest BCUT2D eigenvalue weighted by Crippen LogP contribution is 2.32. The Balaban J connectivity index is 1.67. The molecule has 3 N–H and O–H groups in total. The highest BCUT2D eigenvalue weighted by molar-refractivity contribution is 5.97. The van der Waals surface area contributed by atoms with E-state index in [4.69, 9.17) is 14.2 Å². The van der Waals surface area contributed by atoms with Crippen molar-refractivity contribution >= 4 is 23.8 Å². The molecule has 0 aromatic heterocycles. The van der Waals surface area contributed by atoms with Crippen LogP contribution in [-0.2, 0) is 14.3 Å². The molecule has 27 heavy (non-hydrogen) atoms. The van der Waals surface area contributed by atoms with Crippen molar-refractivity contribution in [1.82, 2.24) is 16.0 Å². The first-order chi connectivity index (χ1) is 12.8. The normalized spacial score (nSPS) is 11.7. The molecule has 1 aliphatic rings. The molecule has 0 atom stereocenters. The number of imide groups is 1. The Morgan fingerprint density at radius 1 is 1.11 bits per heavy atom. The number of carbonyl (C=O) groups excluding carboxylic acids is 4. The van der Waals surface area contributed by atoms with Crippen LogP contribution in [0.4, 0.5) is 4.79 Å². The lowest BCUT2D eigenvalue weighted by molar-refractivity contribution is -0.147. The first-order valence-electron chi connectivity index (χ1n) is 8.26. The number of urea groups is 1. The van der Waals surface area contributed by atoms with Crippen molar-refractivity contribution in [2.75, 3.05) is 26.5 Å². The summed E-state index contributed by atoms with van der Waals surface area (Å²) in [6.45, 7) is 3.24. The predicted molar refractivity (Wildman–Crippen MR) is 92.2 cm³/mol. The first-order valence-corrected chi connectivity index (χ1v) is 8.26. The average Bonchev–Trinajstić information content (AvgIpc) is 3.10. The summed E-state index contributed by atoms with van der Waals surface area (Å²) >= 11 is 0. The van der Waals surface area contributed by atoms with Crippen molar-refractivity contribution < 1.29 is 33.4 Å². The van der Waals surface area contributed by atoms with E-state index in [0.29, 0.717) is 18.0 Å². The maximum Gasteiger partial charge on any atom is 0.325 e. The van der Waals surface area contributed by atoms with Gasteiger partial charge >= 0.3 is 12.0 Å². The Hall–Kier alpha value is -3.30. The van der Waals surface area contributed by atoms with E-state index in [9.17, 15) is 19.2 Å². The van der Waals surface area contributed by atoms with Gasteiger partial charge in [-0.1, -0.05) is 13.8 Å². The summed E-state index contributed by atoms with van der Waals surface area (Å²) in [4.78, 5) is 46.5. The molecule has 0 saturated heterocycles. The van der Waals surface area contributed by atoms with Crippen LogP contribution in [0.3, 0.4) is 0 Å². The number of hydrogen-bond donors (Lipinski definition) is 3. The molecule has 1 aliphatic heterocycles. The number of nitrogens with one attached hydrogen (secondary N) is 3. The highest BCUT2D eigenvalue weighted by atomic mass is 16.7. The maximum atomic E-state index is 12.0. The zero-order valence-electron chi connectivity index (χ0n) is 15.0. The van der Waals surface area contributed by atoms with Crippen LogP contribution in [0.2, 0.25) is 0 Å². The minimum Gasteiger partial charge on any atom is -0.454 e. The minimum atomic E-state index is -0.818. The first kappa shape index (κ1) is 20.0. The van der Waals surface area contributed by atoms with E-state index in [-0.39, 0.29) is 18.3 Å². The third-order valence-corrected chi connectivity index (χ3v) is 3.32. The third-order valence-electron chi connectivity index (χ3n) is 3.32. The van der Waals surface area contributed by atoms with Crippen molar-refractivity contribution in [1.29, 1.82) is 0 Å². The second-order valence-electron chi connectivity index (χ2n) is 6.06. The molecule has 0 aliphatic carbocycles. The molecule has 4 amide bonds. The monoisotopic (exact) mass is 379 g/mol. The fraction of sp³-hybridized carbons (Fsp3) is 0.412. The smallest absolute Gasteiger partial charge is 0.325 e. The van der Waals surface area contributed by atoms with Gasteiger partial charge in [0.25, 0.3) is 11.8 Å². The van der Waals surface area contributed by atoms with Crippen molar-refractivity contribution in [2.24, 2.45) is 5.92 Å². The molecule has 10 heteroatoms. The van der Waals surface area contributed by atoms with Gasteiger partial charge in [0.1, 0.15) is 6.54 Å². The molecular formula is C17H21N3O7. The van der Waals surface area contributed by atoms with Crippen LogP contribution < -0.4 is 25.4 Å². The standard InChI is InChI=1S/C17H21N3O7/c1-10(2)6-19-17(24)20-14(21)8-25-15(22)7-18-16(23)11-3-4-12-13(5-11)27-9-26-12/h3-5,10H,6-9H2,1-2H3,(H,18,23)(H2,19,20,21,24). The number of benzene rings is 1. The van der Waals surface area contributed by atoms with Gasteiger partial charge in [-0.2, -0.15) is 0 Å². The third kappa shape index (κ3) is 6.49. The summed E-state index contributed by atoms with van der Waals surface area (Å²) in [6.07, 6.45) is 0. The largest absolute Gasteiger partial charge is 0.454 e. The van der Waals surface area contributed by atoms with Crippen molar-refractivity contribution in [2.45, 2.75) is 13.8 Å². The zero-order chi connectivity index (χ0) is 19.8. The molecule has 146 valence electrons. The summed E-state index contributed by atoms with van der Waals surface area (Å²) in [7, 11) is 0. The number of rotatable bonds is 7. The van der Waals surface area contributed by atoms with E-state index in [1.165, 1.54) is 12.1 Å². The second-order valence-corrected chi connectivity index (χ2v) is 6.06. The summed E-state index contributed by atoms with van der Waals surface area (Å²) in [5.41, 5.74) is 0.284. The summed E-state index contributed by atoms with van der Waals surface area (Å²) < 4.78 is 15.0. The van der Waals surface area contributed by atoms with Crippen LogP contribution in [-0.4, -0.2) is 50.3 Å². The van der Waals surface area contributed by atoms with Crippen LogP contribution >= 0.6 is 0 Å². The van der Waals surface area contributed by atoms with E-state index < -0.39 is 37.0 Å². The molecule has 1 aromatic carbocycles. The minimum absolute atomic E-state index is 0.0876. The molecule has 0 fully saturated rings. The average molecular weight is 379 g/mol. The van der Waals surface area contributed by atoms with Gasteiger partial charge in [-0.15, -0.1) is 0 Å². The van der Waals surface area contributed by atoms with Crippen LogP contribution in [0.1, 0.15) is 24.2 Å². The lowest BCUT2D eigenvalue weighted by Crippen LogP contribution is -2.43. The van der Waals surface area contributed by atoms with Crippen molar-refractivity contribution in [3.8, 4) is 11.5 Å². The van der Waals surface area contributed by atoms with Gasteiger partial charge in [-0.3, -0.25) is 19.7 Å². The van der Waals surface area contributed by atoms with Crippen LogP contribution in [0, 0.1) is 5.92 Å². The maximum absolute atomic E-state index is 12.0. The van der Waals surface area contributed by atoms with Crippen LogP contribution in [0.5, 0.6) is 11.5 Å². The summed E-state index contributed by atoms with van der Waals surface area (Å²) in [5.74, 6) is -0.889. The van der Waals surface area contributed by atoms with Gasteiger partial charge in [0.2, 0.25) is 6.79 Å². The molecule has 2 rings (SSSR count). The fourth-order valence-electron chi connectivity index (χ4n) is 1.99. The number of ether oxygens (including phenoxy) is 3. The number of amides is 4. The molecule has 0 radical (unpaired) electrons. The number of esters is 1. The second kappa shape index (κ2) is 9.41. The Kier molecular flexibility index (Phi) is 6.98. The highest BCUT2D eigenvalue weighted by Gasteiger charge is 2.17. The Morgan fingerprint density at radius 3 is 2.59 bits per heavy atom. The van der Waals surface area contributed by atoms with E-state index in [1.807, 2.05) is 19.2 Å². The Labute approximate surface area is 155 Å². The van der Waals surface area contributed by atoms with Crippen LogP contribution in [0.25, 0.3) is 0 Å². The fourth-order valence-corrected chi connectivity index (χ4v) is 1.99. The van der Waals surface area contributed by atoms with Gasteiger partial charge in [-0.05, 0) is 24.1 Å². The van der Waals surface area contributed by atoms with Gasteiger partial charge in [0, 0.05) is 12.1 Å². The molecule has 1 heterocycles. The van der Waals surface area contributed by atoms with Crippen LogP contribution in [0.15, 0.2) is 18.2 Å². The quantitative estimate of drug-likeness (QED) is 0.575. The van der Waals surface area contributed by atoms with Gasteiger partial charge < -0.3 is 24.8 Å². The molecule has 0 saturated carbocycles. The molecule has 1 aromatic rings. The van der Waals surface area contributed by atoms with Gasteiger partial charge in [0.05, 0.1) is 0 Å². The zero-order valence-corrected chi connectivity index (χ0v) is 15.0. The molecule has 0 spiro atoms. The van der Waals surface area contributed by atoms with Crippen molar-refractivity contribution in [3.63, 3.8) is 0 Å². The lowest BCUT2D eigenvalue weighted by Gasteiger charge is -2.09. The SMILES string of the molecule is CC(C)CNC(=O)NC(=O)COC(=O)CNC(=O)c1ccc2c(c1)OCO2. The Morgan fingerprint density at radius 2 is 1.85 bits per heavy atom. The topological polar surface area (TPSA) is 132 Å². The molecule has 10 nitrogen and oxygen atoms in total. The van der Waals surface area contributed by atoms with Crippen molar-refractivity contribution in [3.05, 3.63) is 23.8 Å². The number of carbonyl (C=O) groups is 4.